The number of hydrogen-bond donors (Lipinski definition) is 0. The van der Waals surface area contributed by atoms with Crippen LogP contribution in [0.4, 0.5) is 8.78 Å². The summed E-state index contributed by atoms with van der Waals surface area (Å²) in [5, 5.41) is 0. The number of hydrogen-bond acceptors (Lipinski definition) is 0. The van der Waals surface area contributed by atoms with E-state index in [0.29, 0.717) is 5.56 Å². The first-order valence-corrected chi connectivity index (χ1v) is 4.89. The van der Waals surface area contributed by atoms with Gasteiger partial charge in [0.05, 0.1) is 0 Å². The minimum atomic E-state index is -0.589. The molecule has 0 atom stereocenters. The zero-order valence-electron chi connectivity index (χ0n) is 8.58. The van der Waals surface area contributed by atoms with E-state index in [0.717, 1.165) is 5.56 Å². The van der Waals surface area contributed by atoms with Gasteiger partial charge in [-0.1, -0.05) is 43.0 Å². The van der Waals surface area contributed by atoms with E-state index in [9.17, 15) is 8.78 Å². The molecule has 0 radical (unpaired) electrons. The zero-order valence-corrected chi connectivity index (χ0v) is 8.58. The number of benzene rings is 2. The van der Waals surface area contributed by atoms with Gasteiger partial charge in [-0.25, -0.2) is 8.78 Å². The first-order chi connectivity index (χ1) is 7.72. The molecule has 0 nitrogen and oxygen atoms in total. The van der Waals surface area contributed by atoms with Crippen LogP contribution in [-0.2, 0) is 0 Å². The lowest BCUT2D eigenvalue weighted by Crippen LogP contribution is -1.90. The summed E-state index contributed by atoms with van der Waals surface area (Å²) in [5.74, 6) is -1.18. The van der Waals surface area contributed by atoms with E-state index < -0.39 is 11.6 Å². The van der Waals surface area contributed by atoms with Crippen molar-refractivity contribution in [3.8, 4) is 11.1 Å². The Morgan fingerprint density at radius 1 is 0.875 bits per heavy atom. The minimum Gasteiger partial charge on any atom is -0.206 e. The van der Waals surface area contributed by atoms with E-state index in [2.05, 4.69) is 6.58 Å². The van der Waals surface area contributed by atoms with Gasteiger partial charge in [-0.2, -0.15) is 0 Å². The van der Waals surface area contributed by atoms with Crippen molar-refractivity contribution >= 4 is 6.08 Å². The minimum absolute atomic E-state index is 0.0836. The Bertz CT molecular complexity index is 493. The van der Waals surface area contributed by atoms with Crippen LogP contribution in [0, 0.1) is 11.6 Å². The molecule has 0 N–H and O–H groups in total. The highest BCUT2D eigenvalue weighted by atomic mass is 19.1. The maximum absolute atomic E-state index is 13.5. The van der Waals surface area contributed by atoms with Crippen LogP contribution in [0.2, 0.25) is 0 Å². The fourth-order valence-electron chi connectivity index (χ4n) is 1.58. The smallest absolute Gasteiger partial charge is 0.133 e. The molecular formula is C14H10F2. The lowest BCUT2D eigenvalue weighted by molar-refractivity contribution is 0.579. The van der Waals surface area contributed by atoms with E-state index in [4.69, 9.17) is 0 Å². The summed E-state index contributed by atoms with van der Waals surface area (Å²) in [6, 6.07) is 11.8. The molecule has 16 heavy (non-hydrogen) atoms. The van der Waals surface area contributed by atoms with E-state index in [1.54, 1.807) is 0 Å². The van der Waals surface area contributed by atoms with Gasteiger partial charge in [0.15, 0.2) is 0 Å². The number of halogens is 2. The molecule has 2 aromatic rings. The van der Waals surface area contributed by atoms with Crippen LogP contribution in [0.1, 0.15) is 5.56 Å². The third-order valence-corrected chi connectivity index (χ3v) is 2.39. The van der Waals surface area contributed by atoms with Gasteiger partial charge in [0.1, 0.15) is 11.6 Å². The van der Waals surface area contributed by atoms with Gasteiger partial charge in [-0.15, -0.1) is 0 Å². The molecule has 0 fully saturated rings. The molecule has 0 aliphatic rings. The van der Waals surface area contributed by atoms with Crippen LogP contribution in [-0.4, -0.2) is 0 Å². The fourth-order valence-corrected chi connectivity index (χ4v) is 1.58. The topological polar surface area (TPSA) is 0 Å². The Hall–Kier alpha value is -1.96. The highest BCUT2D eigenvalue weighted by Gasteiger charge is 2.08. The fraction of sp³-hybridized carbons (Fsp3) is 0. The first-order valence-electron chi connectivity index (χ1n) is 4.89. The predicted octanol–water partition coefficient (Wildman–Crippen LogP) is 4.27. The van der Waals surface area contributed by atoms with Crippen molar-refractivity contribution in [2.24, 2.45) is 0 Å². The van der Waals surface area contributed by atoms with Gasteiger partial charge in [0, 0.05) is 5.56 Å². The summed E-state index contributed by atoms with van der Waals surface area (Å²) in [7, 11) is 0. The van der Waals surface area contributed by atoms with E-state index in [-0.39, 0.29) is 5.56 Å². The molecule has 0 aliphatic carbocycles. The summed E-state index contributed by atoms with van der Waals surface area (Å²) >= 11 is 0. The van der Waals surface area contributed by atoms with Gasteiger partial charge in [-0.05, 0) is 23.3 Å². The summed E-state index contributed by atoms with van der Waals surface area (Å²) < 4.78 is 27.0. The maximum atomic E-state index is 13.5. The molecular weight excluding hydrogens is 206 g/mol. The Kier molecular flexibility index (Phi) is 2.82. The molecule has 0 amide bonds. The SMILES string of the molecule is C=Cc1c(F)cc(-c2ccccc2)cc1F. The molecule has 2 aromatic carbocycles. The summed E-state index contributed by atoms with van der Waals surface area (Å²) in [6.07, 6.45) is 1.18. The first kappa shape index (κ1) is 10.6. The molecule has 80 valence electrons. The quantitative estimate of drug-likeness (QED) is 0.703. The molecule has 0 bridgehead atoms. The molecule has 2 rings (SSSR count). The lowest BCUT2D eigenvalue weighted by Gasteiger charge is -2.05. The molecule has 0 aliphatic heterocycles. The van der Waals surface area contributed by atoms with E-state index in [1.165, 1.54) is 18.2 Å². The average Bonchev–Trinajstić information content (AvgIpc) is 2.30. The molecule has 0 heterocycles. The van der Waals surface area contributed by atoms with Crippen molar-refractivity contribution in [2.75, 3.05) is 0 Å². The van der Waals surface area contributed by atoms with Crippen LogP contribution in [0.25, 0.3) is 17.2 Å². The lowest BCUT2D eigenvalue weighted by atomic mass is 10.0. The summed E-state index contributed by atoms with van der Waals surface area (Å²) in [6.45, 7) is 3.38. The van der Waals surface area contributed by atoms with Crippen LogP contribution in [0.5, 0.6) is 0 Å². The Morgan fingerprint density at radius 3 is 1.94 bits per heavy atom. The predicted molar refractivity (Wildman–Crippen MR) is 61.9 cm³/mol. The van der Waals surface area contributed by atoms with Crippen LogP contribution in [0.3, 0.4) is 0 Å². The molecule has 0 aromatic heterocycles. The molecule has 0 saturated carbocycles. The van der Waals surface area contributed by atoms with Gasteiger partial charge in [-0.3, -0.25) is 0 Å². The Balaban J connectivity index is 2.57. The highest BCUT2D eigenvalue weighted by molar-refractivity contribution is 5.66. The second-order valence-corrected chi connectivity index (χ2v) is 3.42. The van der Waals surface area contributed by atoms with E-state index in [1.807, 2.05) is 30.3 Å². The van der Waals surface area contributed by atoms with Gasteiger partial charge < -0.3 is 0 Å². The summed E-state index contributed by atoms with van der Waals surface area (Å²) in [5.41, 5.74) is 1.23. The third-order valence-electron chi connectivity index (χ3n) is 2.39. The second-order valence-electron chi connectivity index (χ2n) is 3.42. The van der Waals surface area contributed by atoms with Crippen molar-refractivity contribution in [1.29, 1.82) is 0 Å². The molecule has 0 spiro atoms. The Morgan fingerprint density at radius 2 is 1.44 bits per heavy atom. The Labute approximate surface area is 92.9 Å². The van der Waals surface area contributed by atoms with Crippen molar-refractivity contribution in [3.05, 3.63) is 66.2 Å². The van der Waals surface area contributed by atoms with Crippen molar-refractivity contribution < 1.29 is 8.78 Å². The van der Waals surface area contributed by atoms with E-state index >= 15 is 0 Å². The third kappa shape index (κ3) is 1.87. The second kappa shape index (κ2) is 4.27. The zero-order chi connectivity index (χ0) is 11.5. The average molecular weight is 216 g/mol. The standard InChI is InChI=1S/C14H10F2/c1-2-12-13(15)8-11(9-14(12)16)10-6-4-3-5-7-10/h2-9H,1H2. The largest absolute Gasteiger partial charge is 0.206 e. The van der Waals surface area contributed by atoms with Crippen LogP contribution < -0.4 is 0 Å². The van der Waals surface area contributed by atoms with Crippen molar-refractivity contribution in [2.45, 2.75) is 0 Å². The normalized spacial score (nSPS) is 10.1. The molecule has 0 saturated heterocycles. The summed E-state index contributed by atoms with van der Waals surface area (Å²) in [4.78, 5) is 0. The number of rotatable bonds is 2. The molecule has 0 unspecified atom stereocenters. The highest BCUT2D eigenvalue weighted by Crippen LogP contribution is 2.24. The van der Waals surface area contributed by atoms with Gasteiger partial charge >= 0.3 is 0 Å². The van der Waals surface area contributed by atoms with Gasteiger partial charge in [0.25, 0.3) is 0 Å². The monoisotopic (exact) mass is 216 g/mol. The molecule has 2 heteroatoms. The van der Waals surface area contributed by atoms with Crippen molar-refractivity contribution in [3.63, 3.8) is 0 Å². The van der Waals surface area contributed by atoms with Crippen LogP contribution >= 0.6 is 0 Å². The van der Waals surface area contributed by atoms with Crippen LogP contribution in [0.15, 0.2) is 49.0 Å². The van der Waals surface area contributed by atoms with Gasteiger partial charge in [0.2, 0.25) is 0 Å². The van der Waals surface area contributed by atoms with Crippen molar-refractivity contribution in [1.82, 2.24) is 0 Å². The maximum Gasteiger partial charge on any atom is 0.133 e.